The van der Waals surface area contributed by atoms with Gasteiger partial charge in [-0.05, 0) is 28.1 Å². The summed E-state index contributed by atoms with van der Waals surface area (Å²) < 4.78 is 11.6. The van der Waals surface area contributed by atoms with Crippen molar-refractivity contribution in [2.45, 2.75) is 6.54 Å². The first-order valence-corrected chi connectivity index (χ1v) is 6.82. The minimum absolute atomic E-state index is 0.688. The summed E-state index contributed by atoms with van der Waals surface area (Å²) in [5, 5.41) is 3.18. The average molecular weight is 277 g/mol. The number of pyridine rings is 1. The second kappa shape index (κ2) is 6.27. The zero-order valence-corrected chi connectivity index (χ0v) is 10.4. The molecule has 14 heavy (non-hydrogen) atoms. The Morgan fingerprint density at radius 2 is 2.36 bits per heavy atom. The molecule has 0 amide bonds. The molecule has 0 radical (unpaired) electrons. The van der Waals surface area contributed by atoms with E-state index in [0.29, 0.717) is 5.75 Å². The summed E-state index contributed by atoms with van der Waals surface area (Å²) in [5.74, 6) is 0.688. The fourth-order valence-corrected chi connectivity index (χ4v) is 1.79. The first-order valence-electron chi connectivity index (χ1n) is 4.30. The molecule has 0 bridgehead atoms. The van der Waals surface area contributed by atoms with Crippen molar-refractivity contribution < 1.29 is 4.21 Å². The predicted octanol–water partition coefficient (Wildman–Crippen LogP) is 1.31. The summed E-state index contributed by atoms with van der Waals surface area (Å²) in [6, 6.07) is 5.80. The number of halogens is 1. The van der Waals surface area contributed by atoms with Gasteiger partial charge in [0.05, 0.1) is 5.69 Å². The van der Waals surface area contributed by atoms with Crippen molar-refractivity contribution >= 4 is 26.7 Å². The molecule has 1 N–H and O–H groups in total. The molecule has 1 aromatic rings. The Kier molecular flexibility index (Phi) is 5.29. The monoisotopic (exact) mass is 276 g/mol. The van der Waals surface area contributed by atoms with E-state index >= 15 is 0 Å². The van der Waals surface area contributed by atoms with Crippen LogP contribution in [0.25, 0.3) is 0 Å². The summed E-state index contributed by atoms with van der Waals surface area (Å²) in [6.45, 7) is 1.48. The lowest BCUT2D eigenvalue weighted by molar-refractivity contribution is 0.673. The molecule has 3 nitrogen and oxygen atoms in total. The van der Waals surface area contributed by atoms with E-state index in [-0.39, 0.29) is 0 Å². The van der Waals surface area contributed by atoms with Crippen molar-refractivity contribution in [3.63, 3.8) is 0 Å². The van der Waals surface area contributed by atoms with E-state index in [4.69, 9.17) is 0 Å². The number of nitrogens with one attached hydrogen (secondary N) is 1. The highest BCUT2D eigenvalue weighted by molar-refractivity contribution is 9.10. The maximum absolute atomic E-state index is 10.8. The van der Waals surface area contributed by atoms with Gasteiger partial charge in [0.2, 0.25) is 0 Å². The van der Waals surface area contributed by atoms with Crippen LogP contribution in [0.3, 0.4) is 0 Å². The molecule has 1 aromatic heterocycles. The highest BCUT2D eigenvalue weighted by Crippen LogP contribution is 2.05. The van der Waals surface area contributed by atoms with Crippen molar-refractivity contribution in [1.82, 2.24) is 10.3 Å². The van der Waals surface area contributed by atoms with Gasteiger partial charge < -0.3 is 5.32 Å². The third-order valence-corrected chi connectivity index (χ3v) is 2.87. The first kappa shape index (κ1) is 11.8. The van der Waals surface area contributed by atoms with Crippen LogP contribution in [-0.4, -0.2) is 27.7 Å². The summed E-state index contributed by atoms with van der Waals surface area (Å²) >= 11 is 3.31. The third kappa shape index (κ3) is 4.83. The quantitative estimate of drug-likeness (QED) is 0.652. The Morgan fingerprint density at radius 1 is 1.57 bits per heavy atom. The molecule has 1 unspecified atom stereocenters. The van der Waals surface area contributed by atoms with Gasteiger partial charge in [-0.2, -0.15) is 0 Å². The molecule has 0 aliphatic heterocycles. The van der Waals surface area contributed by atoms with Gasteiger partial charge in [0.1, 0.15) is 4.60 Å². The predicted molar refractivity (Wildman–Crippen MR) is 62.6 cm³/mol. The Labute approximate surface area is 94.9 Å². The number of hydrogen-bond acceptors (Lipinski definition) is 3. The van der Waals surface area contributed by atoms with Crippen molar-refractivity contribution in [2.75, 3.05) is 18.6 Å². The third-order valence-electron chi connectivity index (χ3n) is 1.65. The van der Waals surface area contributed by atoms with Crippen LogP contribution in [0.15, 0.2) is 22.8 Å². The van der Waals surface area contributed by atoms with Crippen molar-refractivity contribution in [3.8, 4) is 0 Å². The fourth-order valence-electron chi connectivity index (χ4n) is 0.981. The molecule has 1 atom stereocenters. The molecule has 0 aliphatic carbocycles. The van der Waals surface area contributed by atoms with Crippen LogP contribution in [0.5, 0.6) is 0 Å². The van der Waals surface area contributed by atoms with E-state index < -0.39 is 10.8 Å². The molecule has 0 aromatic carbocycles. The van der Waals surface area contributed by atoms with E-state index in [1.165, 1.54) is 0 Å². The second-order valence-electron chi connectivity index (χ2n) is 2.91. The molecule has 5 heteroatoms. The van der Waals surface area contributed by atoms with Gasteiger partial charge in [-0.15, -0.1) is 0 Å². The Balaban J connectivity index is 2.28. The standard InChI is InChI=1S/C9H13BrN2OS/c1-14(13)6-5-11-7-8-3-2-4-9(10)12-8/h2-4,11H,5-7H2,1H3. The average Bonchev–Trinajstić information content (AvgIpc) is 2.12. The summed E-state index contributed by atoms with van der Waals surface area (Å²) in [5.41, 5.74) is 0.987. The van der Waals surface area contributed by atoms with Crippen LogP contribution in [0.4, 0.5) is 0 Å². The van der Waals surface area contributed by atoms with Crippen molar-refractivity contribution in [3.05, 3.63) is 28.5 Å². The number of aromatic nitrogens is 1. The zero-order chi connectivity index (χ0) is 10.4. The first-order chi connectivity index (χ1) is 6.68. The molecule has 0 saturated carbocycles. The zero-order valence-electron chi connectivity index (χ0n) is 8.00. The van der Waals surface area contributed by atoms with E-state index in [0.717, 1.165) is 23.4 Å². The highest BCUT2D eigenvalue weighted by atomic mass is 79.9. The Hall–Kier alpha value is -0.260. The van der Waals surface area contributed by atoms with Crippen LogP contribution in [-0.2, 0) is 17.3 Å². The molecule has 1 heterocycles. The van der Waals surface area contributed by atoms with Crippen LogP contribution < -0.4 is 5.32 Å². The number of rotatable bonds is 5. The minimum Gasteiger partial charge on any atom is -0.310 e. The fraction of sp³-hybridized carbons (Fsp3) is 0.444. The lowest BCUT2D eigenvalue weighted by Crippen LogP contribution is -2.20. The molecule has 0 aliphatic rings. The summed E-state index contributed by atoms with van der Waals surface area (Å²) in [6.07, 6.45) is 1.71. The SMILES string of the molecule is CS(=O)CCNCc1cccc(Br)n1. The van der Waals surface area contributed by atoms with Crippen LogP contribution in [0.2, 0.25) is 0 Å². The van der Waals surface area contributed by atoms with E-state index in [1.54, 1.807) is 6.26 Å². The summed E-state index contributed by atoms with van der Waals surface area (Å²) in [4.78, 5) is 4.27. The topological polar surface area (TPSA) is 42.0 Å². The van der Waals surface area contributed by atoms with Crippen molar-refractivity contribution in [1.29, 1.82) is 0 Å². The lowest BCUT2D eigenvalue weighted by Gasteiger charge is -2.02. The maximum Gasteiger partial charge on any atom is 0.106 e. The van der Waals surface area contributed by atoms with Gasteiger partial charge in [0.15, 0.2) is 0 Å². The van der Waals surface area contributed by atoms with Gasteiger partial charge in [-0.25, -0.2) is 4.98 Å². The van der Waals surface area contributed by atoms with Crippen LogP contribution >= 0.6 is 15.9 Å². The highest BCUT2D eigenvalue weighted by Gasteiger charge is 1.95. The second-order valence-corrected chi connectivity index (χ2v) is 5.27. The largest absolute Gasteiger partial charge is 0.310 e. The van der Waals surface area contributed by atoms with E-state index in [9.17, 15) is 4.21 Å². The van der Waals surface area contributed by atoms with Gasteiger partial charge in [0.25, 0.3) is 0 Å². The number of nitrogens with zero attached hydrogens (tertiary/aromatic N) is 1. The van der Waals surface area contributed by atoms with Gasteiger partial charge in [-0.3, -0.25) is 4.21 Å². The smallest absolute Gasteiger partial charge is 0.106 e. The molecular weight excluding hydrogens is 264 g/mol. The van der Waals surface area contributed by atoms with Gasteiger partial charge in [0, 0.05) is 35.9 Å². The molecule has 1 rings (SSSR count). The normalized spacial score (nSPS) is 12.7. The summed E-state index contributed by atoms with van der Waals surface area (Å²) in [7, 11) is -0.720. The lowest BCUT2D eigenvalue weighted by atomic mass is 10.3. The molecular formula is C9H13BrN2OS. The van der Waals surface area contributed by atoms with E-state index in [1.807, 2.05) is 18.2 Å². The Morgan fingerprint density at radius 3 is 3.00 bits per heavy atom. The molecule has 0 spiro atoms. The van der Waals surface area contributed by atoms with E-state index in [2.05, 4.69) is 26.2 Å². The maximum atomic E-state index is 10.8. The van der Waals surface area contributed by atoms with Crippen molar-refractivity contribution in [2.24, 2.45) is 0 Å². The molecule has 78 valence electrons. The Bertz CT molecular complexity index is 319. The molecule has 0 fully saturated rings. The van der Waals surface area contributed by atoms with Crippen LogP contribution in [0.1, 0.15) is 5.69 Å². The van der Waals surface area contributed by atoms with Gasteiger partial charge in [-0.1, -0.05) is 6.07 Å². The molecule has 0 saturated heterocycles. The van der Waals surface area contributed by atoms with Crippen LogP contribution in [0, 0.1) is 0 Å². The number of hydrogen-bond donors (Lipinski definition) is 1. The minimum atomic E-state index is -0.720. The van der Waals surface area contributed by atoms with Gasteiger partial charge >= 0.3 is 0 Å².